The standard InChI is InChI=1S/C21H22ClF2NO2/c1-27-16-8-6-15(7-9-16)14-4-2-13(3-5-14)12-19(26)25-18-11-10-17(22)20(23)21(18)24/h6-11,13-14H,2-5,12H2,1H3,(H,25,26). The molecule has 3 nitrogen and oxygen atoms in total. The van der Waals surface area contributed by atoms with E-state index in [4.69, 9.17) is 16.3 Å². The van der Waals surface area contributed by atoms with Crippen molar-refractivity contribution in [1.82, 2.24) is 0 Å². The highest BCUT2D eigenvalue weighted by Gasteiger charge is 2.24. The quantitative estimate of drug-likeness (QED) is 0.639. The van der Waals surface area contributed by atoms with E-state index in [1.807, 2.05) is 12.1 Å². The monoisotopic (exact) mass is 393 g/mol. The van der Waals surface area contributed by atoms with Crippen LogP contribution in [0.3, 0.4) is 0 Å². The fraction of sp³-hybridized carbons (Fsp3) is 0.381. The number of ether oxygens (including phenoxy) is 1. The van der Waals surface area contributed by atoms with Gasteiger partial charge < -0.3 is 10.1 Å². The Kier molecular flexibility index (Phi) is 6.32. The Labute approximate surface area is 162 Å². The van der Waals surface area contributed by atoms with Crippen molar-refractivity contribution < 1.29 is 18.3 Å². The molecule has 0 saturated heterocycles. The molecule has 3 rings (SSSR count). The van der Waals surface area contributed by atoms with Gasteiger partial charge in [0.1, 0.15) is 5.75 Å². The fourth-order valence-electron chi connectivity index (χ4n) is 3.66. The molecule has 0 bridgehead atoms. The van der Waals surface area contributed by atoms with Crippen LogP contribution in [0.25, 0.3) is 0 Å². The van der Waals surface area contributed by atoms with Crippen molar-refractivity contribution in [1.29, 1.82) is 0 Å². The summed E-state index contributed by atoms with van der Waals surface area (Å²) in [7, 11) is 1.65. The van der Waals surface area contributed by atoms with Gasteiger partial charge in [0.2, 0.25) is 5.91 Å². The first-order chi connectivity index (χ1) is 13.0. The first kappa shape index (κ1) is 19.6. The zero-order valence-electron chi connectivity index (χ0n) is 15.1. The Hall–Kier alpha value is -2.14. The van der Waals surface area contributed by atoms with Crippen LogP contribution >= 0.6 is 11.6 Å². The summed E-state index contributed by atoms with van der Waals surface area (Å²) in [5.41, 5.74) is 1.12. The van der Waals surface area contributed by atoms with E-state index in [9.17, 15) is 13.6 Å². The van der Waals surface area contributed by atoms with Gasteiger partial charge in [0.15, 0.2) is 11.6 Å². The summed E-state index contributed by atoms with van der Waals surface area (Å²) in [6.45, 7) is 0. The summed E-state index contributed by atoms with van der Waals surface area (Å²) >= 11 is 5.52. The molecule has 0 radical (unpaired) electrons. The highest BCUT2D eigenvalue weighted by Crippen LogP contribution is 2.37. The lowest BCUT2D eigenvalue weighted by Gasteiger charge is -2.28. The maximum Gasteiger partial charge on any atom is 0.224 e. The van der Waals surface area contributed by atoms with Crippen LogP contribution in [0.15, 0.2) is 36.4 Å². The van der Waals surface area contributed by atoms with Crippen molar-refractivity contribution in [2.75, 3.05) is 12.4 Å². The van der Waals surface area contributed by atoms with Gasteiger partial charge in [-0.25, -0.2) is 8.78 Å². The molecule has 0 aromatic heterocycles. The van der Waals surface area contributed by atoms with Gasteiger partial charge in [0.05, 0.1) is 17.8 Å². The van der Waals surface area contributed by atoms with Gasteiger partial charge in [-0.15, -0.1) is 0 Å². The third kappa shape index (κ3) is 4.78. The number of amides is 1. The summed E-state index contributed by atoms with van der Waals surface area (Å²) in [5, 5.41) is 2.15. The maximum absolute atomic E-state index is 13.8. The summed E-state index contributed by atoms with van der Waals surface area (Å²) in [6.07, 6.45) is 4.19. The molecule has 1 saturated carbocycles. The molecule has 2 aromatic carbocycles. The normalized spacial score (nSPS) is 19.6. The summed E-state index contributed by atoms with van der Waals surface area (Å²) in [4.78, 5) is 12.2. The third-order valence-corrected chi connectivity index (χ3v) is 5.51. The first-order valence-corrected chi connectivity index (χ1v) is 9.43. The minimum Gasteiger partial charge on any atom is -0.497 e. The topological polar surface area (TPSA) is 38.3 Å². The van der Waals surface area contributed by atoms with Crippen molar-refractivity contribution in [2.24, 2.45) is 5.92 Å². The number of halogens is 3. The Morgan fingerprint density at radius 1 is 1.07 bits per heavy atom. The Morgan fingerprint density at radius 3 is 2.37 bits per heavy atom. The summed E-state index contributed by atoms with van der Waals surface area (Å²) in [5.74, 6) is -0.996. The Morgan fingerprint density at radius 2 is 1.74 bits per heavy atom. The average molecular weight is 394 g/mol. The molecule has 0 spiro atoms. The summed E-state index contributed by atoms with van der Waals surface area (Å²) in [6, 6.07) is 10.6. The zero-order chi connectivity index (χ0) is 19.4. The van der Waals surface area contributed by atoms with Gasteiger partial charge >= 0.3 is 0 Å². The molecule has 1 N–H and O–H groups in total. The van der Waals surface area contributed by atoms with Crippen molar-refractivity contribution >= 4 is 23.2 Å². The van der Waals surface area contributed by atoms with Gasteiger partial charge in [-0.3, -0.25) is 4.79 Å². The number of carbonyl (C=O) groups is 1. The predicted molar refractivity (Wildman–Crippen MR) is 102 cm³/mol. The van der Waals surface area contributed by atoms with Crippen LogP contribution in [0.5, 0.6) is 5.75 Å². The molecule has 27 heavy (non-hydrogen) atoms. The second-order valence-corrected chi connectivity index (χ2v) is 7.37. The average Bonchev–Trinajstić information content (AvgIpc) is 2.69. The molecule has 1 aliphatic rings. The van der Waals surface area contributed by atoms with E-state index in [1.165, 1.54) is 17.7 Å². The van der Waals surface area contributed by atoms with Crippen LogP contribution in [-0.2, 0) is 4.79 Å². The van der Waals surface area contributed by atoms with Crippen molar-refractivity contribution in [3.8, 4) is 5.75 Å². The van der Waals surface area contributed by atoms with Crippen LogP contribution in [0.1, 0.15) is 43.6 Å². The van der Waals surface area contributed by atoms with Crippen LogP contribution < -0.4 is 10.1 Å². The Balaban J connectivity index is 1.51. The summed E-state index contributed by atoms with van der Waals surface area (Å²) < 4.78 is 32.5. The molecule has 6 heteroatoms. The van der Waals surface area contributed by atoms with E-state index in [1.54, 1.807) is 7.11 Å². The SMILES string of the molecule is COc1ccc(C2CCC(CC(=O)Nc3ccc(Cl)c(F)c3F)CC2)cc1. The minimum atomic E-state index is -1.14. The number of hydrogen-bond acceptors (Lipinski definition) is 2. The van der Waals surface area contributed by atoms with Crippen LogP contribution in [0.4, 0.5) is 14.5 Å². The molecular formula is C21H22ClF2NO2. The van der Waals surface area contributed by atoms with Gasteiger partial charge in [-0.1, -0.05) is 23.7 Å². The number of nitrogens with one attached hydrogen (secondary N) is 1. The third-order valence-electron chi connectivity index (χ3n) is 5.22. The smallest absolute Gasteiger partial charge is 0.224 e. The molecule has 0 unspecified atom stereocenters. The van der Waals surface area contributed by atoms with E-state index in [2.05, 4.69) is 17.4 Å². The second kappa shape index (κ2) is 8.70. The molecule has 0 heterocycles. The number of benzene rings is 2. The number of rotatable bonds is 5. The van der Waals surface area contributed by atoms with Crippen molar-refractivity contribution in [3.63, 3.8) is 0 Å². The van der Waals surface area contributed by atoms with E-state index in [0.717, 1.165) is 31.4 Å². The second-order valence-electron chi connectivity index (χ2n) is 6.97. The largest absolute Gasteiger partial charge is 0.497 e. The highest BCUT2D eigenvalue weighted by molar-refractivity contribution is 6.30. The van der Waals surface area contributed by atoms with Gasteiger partial charge in [0.25, 0.3) is 0 Å². The fourth-order valence-corrected chi connectivity index (χ4v) is 3.81. The molecule has 144 valence electrons. The molecule has 0 aliphatic heterocycles. The maximum atomic E-state index is 13.8. The molecular weight excluding hydrogens is 372 g/mol. The van der Waals surface area contributed by atoms with Crippen LogP contribution in [0.2, 0.25) is 5.02 Å². The molecule has 1 aliphatic carbocycles. The number of anilines is 1. The number of carbonyl (C=O) groups excluding carboxylic acids is 1. The van der Waals surface area contributed by atoms with E-state index < -0.39 is 11.6 Å². The Bertz CT molecular complexity index is 803. The predicted octanol–water partition coefficient (Wildman–Crippen LogP) is 5.93. The van der Waals surface area contributed by atoms with Gasteiger partial charge in [0, 0.05) is 6.42 Å². The van der Waals surface area contributed by atoms with E-state index in [-0.39, 0.29) is 22.5 Å². The number of hydrogen-bond donors (Lipinski definition) is 1. The van der Waals surface area contributed by atoms with E-state index in [0.29, 0.717) is 12.3 Å². The first-order valence-electron chi connectivity index (χ1n) is 9.05. The molecule has 1 amide bonds. The zero-order valence-corrected chi connectivity index (χ0v) is 15.9. The van der Waals surface area contributed by atoms with Crippen LogP contribution in [0, 0.1) is 17.6 Å². The van der Waals surface area contributed by atoms with Crippen LogP contribution in [-0.4, -0.2) is 13.0 Å². The lowest BCUT2D eigenvalue weighted by molar-refractivity contribution is -0.117. The highest BCUT2D eigenvalue weighted by atomic mass is 35.5. The molecule has 0 atom stereocenters. The van der Waals surface area contributed by atoms with Crippen molar-refractivity contribution in [3.05, 3.63) is 58.6 Å². The molecule has 2 aromatic rings. The van der Waals surface area contributed by atoms with Gasteiger partial charge in [-0.05, 0) is 67.3 Å². The lowest BCUT2D eigenvalue weighted by Crippen LogP contribution is -2.21. The molecule has 1 fully saturated rings. The van der Waals surface area contributed by atoms with E-state index >= 15 is 0 Å². The lowest BCUT2D eigenvalue weighted by atomic mass is 9.77. The number of methoxy groups -OCH3 is 1. The minimum absolute atomic E-state index is 0.172. The van der Waals surface area contributed by atoms with Gasteiger partial charge in [-0.2, -0.15) is 0 Å². The van der Waals surface area contributed by atoms with Crippen molar-refractivity contribution in [2.45, 2.75) is 38.0 Å².